The molecular weight excluding hydrogens is 300 g/mol. The minimum atomic E-state index is 0.505. The highest BCUT2D eigenvalue weighted by atomic mass is 32.2. The second-order valence-corrected chi connectivity index (χ2v) is 6.90. The first-order valence-corrected chi connectivity index (χ1v) is 8.59. The summed E-state index contributed by atoms with van der Waals surface area (Å²) in [7, 11) is 0. The van der Waals surface area contributed by atoms with Crippen LogP contribution in [0.3, 0.4) is 0 Å². The molecule has 21 heavy (non-hydrogen) atoms. The van der Waals surface area contributed by atoms with Gasteiger partial charge in [-0.1, -0.05) is 37.7 Å². The molecule has 0 saturated carbocycles. The van der Waals surface area contributed by atoms with E-state index in [0.717, 1.165) is 28.0 Å². The molecule has 0 bridgehead atoms. The molecule has 1 aromatic rings. The number of thiazole rings is 1. The Morgan fingerprint density at radius 3 is 2.29 bits per heavy atom. The van der Waals surface area contributed by atoms with Crippen molar-refractivity contribution in [2.45, 2.75) is 30.7 Å². The van der Waals surface area contributed by atoms with Crippen molar-refractivity contribution in [1.82, 2.24) is 15.0 Å². The maximum Gasteiger partial charge on any atom is 0.189 e. The number of nitrogens with zero attached hydrogens (tertiary/aromatic N) is 3. The van der Waals surface area contributed by atoms with Crippen LogP contribution in [0.25, 0.3) is 11.4 Å². The van der Waals surface area contributed by atoms with Crippen molar-refractivity contribution in [2.75, 3.05) is 5.73 Å². The zero-order valence-corrected chi connectivity index (χ0v) is 13.5. The summed E-state index contributed by atoms with van der Waals surface area (Å²) in [5, 5.41) is 3.36. The Labute approximate surface area is 132 Å². The molecule has 1 aromatic heterocycles. The number of imidazole rings is 1. The van der Waals surface area contributed by atoms with Gasteiger partial charge in [-0.3, -0.25) is 0 Å². The molecule has 0 radical (unpaired) electrons. The van der Waals surface area contributed by atoms with E-state index in [1.807, 2.05) is 17.5 Å². The highest BCUT2D eigenvalue weighted by molar-refractivity contribution is 7.98. The lowest BCUT2D eigenvalue weighted by Gasteiger charge is -1.99. The summed E-state index contributed by atoms with van der Waals surface area (Å²) in [6.07, 6.45) is 0. The third-order valence-electron chi connectivity index (χ3n) is 3.15. The smallest absolute Gasteiger partial charge is 0.189 e. The molecule has 2 heterocycles. The number of hydrogen-bond acceptors (Lipinski definition) is 6. The Morgan fingerprint density at radius 1 is 1.10 bits per heavy atom. The molecule has 6 heteroatoms. The van der Waals surface area contributed by atoms with Crippen molar-refractivity contribution >= 4 is 28.2 Å². The van der Waals surface area contributed by atoms with Gasteiger partial charge in [0.15, 0.2) is 10.3 Å². The third-order valence-corrected chi connectivity index (χ3v) is 4.75. The van der Waals surface area contributed by atoms with E-state index in [9.17, 15) is 0 Å². The number of fused-ring (bicyclic) bond motifs is 1. The van der Waals surface area contributed by atoms with E-state index in [0.29, 0.717) is 11.0 Å². The molecule has 0 atom stereocenters. The molecule has 1 aliphatic carbocycles. The van der Waals surface area contributed by atoms with Crippen LogP contribution in [0.5, 0.6) is 0 Å². The van der Waals surface area contributed by atoms with Crippen LogP contribution in [0.15, 0.2) is 34.8 Å². The summed E-state index contributed by atoms with van der Waals surface area (Å²) in [4.78, 5) is 13.4. The van der Waals surface area contributed by atoms with Crippen molar-refractivity contribution in [3.63, 3.8) is 0 Å². The Morgan fingerprint density at radius 2 is 1.76 bits per heavy atom. The van der Waals surface area contributed by atoms with Gasteiger partial charge in [-0.25, -0.2) is 15.0 Å². The minimum absolute atomic E-state index is 0.505. The molecule has 0 spiro atoms. The number of aromatic nitrogens is 3. The van der Waals surface area contributed by atoms with E-state index in [2.05, 4.69) is 40.9 Å². The van der Waals surface area contributed by atoms with Gasteiger partial charge in [0.25, 0.3) is 0 Å². The average Bonchev–Trinajstić information content (AvgIpc) is 2.98. The first kappa shape index (κ1) is 14.3. The van der Waals surface area contributed by atoms with Gasteiger partial charge in [-0.05, 0) is 23.6 Å². The largest absolute Gasteiger partial charge is 0.375 e. The number of nitrogens with two attached hydrogens (primary N) is 1. The monoisotopic (exact) mass is 316 g/mol. The lowest BCUT2D eigenvalue weighted by atomic mass is 10.1. The Bertz CT molecular complexity index is 690. The fourth-order valence-electron chi connectivity index (χ4n) is 1.97. The van der Waals surface area contributed by atoms with E-state index in [4.69, 9.17) is 5.73 Å². The van der Waals surface area contributed by atoms with Crippen molar-refractivity contribution in [1.29, 1.82) is 0 Å². The van der Waals surface area contributed by atoms with Crippen LogP contribution in [0.4, 0.5) is 5.13 Å². The van der Waals surface area contributed by atoms with Crippen LogP contribution < -0.4 is 5.73 Å². The van der Waals surface area contributed by atoms with Gasteiger partial charge in [0.2, 0.25) is 0 Å². The average molecular weight is 316 g/mol. The molecule has 2 N–H and O–H groups in total. The van der Waals surface area contributed by atoms with Gasteiger partial charge < -0.3 is 5.73 Å². The number of anilines is 1. The van der Waals surface area contributed by atoms with Gasteiger partial charge in [0.1, 0.15) is 0 Å². The maximum atomic E-state index is 5.63. The molecule has 1 aliphatic heterocycles. The highest BCUT2D eigenvalue weighted by Gasteiger charge is 2.11. The van der Waals surface area contributed by atoms with Crippen LogP contribution in [0, 0.1) is 0 Å². The topological polar surface area (TPSA) is 64.7 Å². The number of nitrogen functional groups attached to an aromatic ring is 1. The molecule has 0 saturated heterocycles. The predicted molar refractivity (Wildman–Crippen MR) is 88.8 cm³/mol. The Kier molecular flexibility index (Phi) is 4.07. The summed E-state index contributed by atoms with van der Waals surface area (Å²) in [6.45, 7) is 4.36. The minimum Gasteiger partial charge on any atom is -0.375 e. The zero-order valence-electron chi connectivity index (χ0n) is 11.9. The van der Waals surface area contributed by atoms with E-state index >= 15 is 0 Å². The molecule has 108 valence electrons. The molecule has 4 nitrogen and oxygen atoms in total. The fourth-order valence-corrected chi connectivity index (χ4v) is 3.39. The summed E-state index contributed by atoms with van der Waals surface area (Å²) in [6, 6.07) is 8.33. The first-order chi connectivity index (χ1) is 10.1. The maximum absolute atomic E-state index is 5.63. The van der Waals surface area contributed by atoms with Gasteiger partial charge in [0, 0.05) is 11.1 Å². The number of rotatable bonds is 4. The second-order valence-electron chi connectivity index (χ2n) is 5.06. The van der Waals surface area contributed by atoms with Gasteiger partial charge >= 0.3 is 0 Å². The highest BCUT2D eigenvalue weighted by Crippen LogP contribution is 2.27. The van der Waals surface area contributed by atoms with Crippen molar-refractivity contribution < 1.29 is 0 Å². The SMILES string of the molecule is CC(C)c1ccc2nc(SCc3csc(N)n3)nc-2cc1. The molecule has 3 rings (SSSR count). The Hall–Kier alpha value is -1.66. The van der Waals surface area contributed by atoms with E-state index in [1.165, 1.54) is 16.9 Å². The standard InChI is InChI=1S/C15H16N4S2/c1-9(2)10-3-5-12-13(6-4-10)19-15(18-12)21-8-11-7-20-14(16)17-11/h3-7,9H,8H2,1-2H3,(H2,16,17). The molecule has 0 aromatic carbocycles. The van der Waals surface area contributed by atoms with Gasteiger partial charge in [0.05, 0.1) is 17.1 Å². The van der Waals surface area contributed by atoms with Crippen LogP contribution in [0.1, 0.15) is 31.0 Å². The lowest BCUT2D eigenvalue weighted by Crippen LogP contribution is -1.85. The van der Waals surface area contributed by atoms with Gasteiger partial charge in [-0.2, -0.15) is 0 Å². The van der Waals surface area contributed by atoms with Crippen LogP contribution in [-0.4, -0.2) is 15.0 Å². The molecule has 0 fully saturated rings. The second kappa shape index (κ2) is 5.99. The normalized spacial score (nSPS) is 11.4. The van der Waals surface area contributed by atoms with Crippen molar-refractivity contribution in [3.8, 4) is 11.4 Å². The van der Waals surface area contributed by atoms with Crippen LogP contribution >= 0.6 is 23.1 Å². The summed E-state index contributed by atoms with van der Waals surface area (Å²) >= 11 is 3.05. The quantitative estimate of drug-likeness (QED) is 0.736. The molecule has 2 aliphatic rings. The first-order valence-electron chi connectivity index (χ1n) is 6.72. The number of hydrogen-bond donors (Lipinski definition) is 1. The molecule has 0 amide bonds. The van der Waals surface area contributed by atoms with Gasteiger partial charge in [-0.15, -0.1) is 11.3 Å². The fraction of sp³-hybridized carbons (Fsp3) is 0.267. The van der Waals surface area contributed by atoms with Crippen LogP contribution in [0.2, 0.25) is 0 Å². The van der Waals surface area contributed by atoms with E-state index < -0.39 is 0 Å². The van der Waals surface area contributed by atoms with Crippen molar-refractivity contribution in [3.05, 3.63) is 40.9 Å². The predicted octanol–water partition coefficient (Wildman–Crippen LogP) is 4.04. The van der Waals surface area contributed by atoms with E-state index in [-0.39, 0.29) is 0 Å². The lowest BCUT2D eigenvalue weighted by molar-refractivity contribution is 0.868. The Balaban J connectivity index is 1.78. The summed E-state index contributed by atoms with van der Waals surface area (Å²) < 4.78 is 0. The number of thioether (sulfide) groups is 1. The van der Waals surface area contributed by atoms with Crippen molar-refractivity contribution in [2.24, 2.45) is 0 Å². The third kappa shape index (κ3) is 3.33. The molecular formula is C15H16N4S2. The van der Waals surface area contributed by atoms with E-state index in [1.54, 1.807) is 11.8 Å². The molecule has 0 unspecified atom stereocenters. The summed E-state index contributed by atoms with van der Waals surface area (Å²) in [5.74, 6) is 1.25. The summed E-state index contributed by atoms with van der Waals surface area (Å²) in [5.41, 5.74) is 9.76. The van der Waals surface area contributed by atoms with Crippen LogP contribution in [-0.2, 0) is 5.75 Å². The zero-order chi connectivity index (χ0) is 14.8.